The molecule has 0 radical (unpaired) electrons. The van der Waals surface area contributed by atoms with Crippen molar-refractivity contribution in [2.75, 3.05) is 0 Å². The van der Waals surface area contributed by atoms with Gasteiger partial charge < -0.3 is 0 Å². The Bertz CT molecular complexity index is 473. The highest BCUT2D eigenvalue weighted by atomic mass is 17.2. The molecule has 1 aliphatic carbocycles. The zero-order valence-electron chi connectivity index (χ0n) is 10.8. The maximum absolute atomic E-state index is 11.6. The predicted octanol–water partition coefficient (Wildman–Crippen LogP) is 3.37. The van der Waals surface area contributed by atoms with E-state index in [1.54, 1.807) is 18.2 Å². The molecule has 2 rings (SSSR count). The van der Waals surface area contributed by atoms with Crippen molar-refractivity contribution in [3.8, 4) is 11.8 Å². The molecule has 0 heterocycles. The van der Waals surface area contributed by atoms with Gasteiger partial charge in [-0.2, -0.15) is 5.26 Å². The topological polar surface area (TPSA) is 59.3 Å². The molecule has 100 valence electrons. The average molecular weight is 259 g/mol. The van der Waals surface area contributed by atoms with Gasteiger partial charge in [-0.25, -0.2) is 4.79 Å². The molecule has 4 nitrogen and oxygen atoms in total. The Kier molecular flexibility index (Phi) is 4.79. The van der Waals surface area contributed by atoms with Crippen molar-refractivity contribution >= 4 is 5.97 Å². The van der Waals surface area contributed by atoms with Gasteiger partial charge in [0.2, 0.25) is 0 Å². The number of nitriles is 1. The molecule has 0 N–H and O–H groups in total. The predicted molar refractivity (Wildman–Crippen MR) is 69.1 cm³/mol. The Morgan fingerprint density at radius 1 is 1.32 bits per heavy atom. The smallest absolute Gasteiger partial charge is 0.287 e. The molecule has 0 aliphatic heterocycles. The second-order valence-electron chi connectivity index (χ2n) is 4.89. The van der Waals surface area contributed by atoms with Crippen LogP contribution in [0.15, 0.2) is 24.3 Å². The third-order valence-corrected chi connectivity index (χ3v) is 3.37. The second kappa shape index (κ2) is 6.79. The van der Waals surface area contributed by atoms with Gasteiger partial charge in [-0.15, -0.1) is 0 Å². The molecular weight excluding hydrogens is 242 g/mol. The molecule has 0 atom stereocenters. The van der Waals surface area contributed by atoms with Gasteiger partial charge in [0.1, 0.15) is 0 Å². The lowest BCUT2D eigenvalue weighted by Gasteiger charge is -2.19. The summed E-state index contributed by atoms with van der Waals surface area (Å²) in [7, 11) is 0. The van der Waals surface area contributed by atoms with Gasteiger partial charge in [0.05, 0.1) is 18.1 Å². The molecule has 1 saturated carbocycles. The largest absolute Gasteiger partial charge is 0.355 e. The molecule has 1 aliphatic rings. The Morgan fingerprint density at radius 2 is 2.11 bits per heavy atom. The molecule has 19 heavy (non-hydrogen) atoms. The highest BCUT2D eigenvalue weighted by Crippen LogP contribution is 2.26. The van der Waals surface area contributed by atoms with E-state index in [9.17, 15) is 4.79 Å². The molecule has 0 spiro atoms. The number of carbonyl (C=O) groups is 1. The van der Waals surface area contributed by atoms with Crippen molar-refractivity contribution in [3.05, 3.63) is 29.8 Å². The third kappa shape index (κ3) is 4.29. The summed E-state index contributed by atoms with van der Waals surface area (Å²) in [5, 5.41) is 8.74. The number of hydrogen-bond donors (Lipinski definition) is 0. The van der Waals surface area contributed by atoms with E-state index in [0.717, 1.165) is 12.8 Å². The first kappa shape index (κ1) is 13.4. The Labute approximate surface area is 112 Å². The Hall–Kier alpha value is -2.02. The fraction of sp³-hybridized carbons (Fsp3) is 0.467. The van der Waals surface area contributed by atoms with Crippen LogP contribution in [0.1, 0.15) is 44.1 Å². The third-order valence-electron chi connectivity index (χ3n) is 3.37. The lowest BCUT2D eigenvalue weighted by molar-refractivity contribution is -0.215. The van der Waals surface area contributed by atoms with Gasteiger partial charge in [0.25, 0.3) is 0 Å². The van der Waals surface area contributed by atoms with Crippen molar-refractivity contribution in [1.82, 2.24) is 0 Å². The van der Waals surface area contributed by atoms with Crippen LogP contribution in [-0.2, 0) is 9.68 Å². The van der Waals surface area contributed by atoms with Gasteiger partial charge >= 0.3 is 5.97 Å². The van der Waals surface area contributed by atoms with E-state index in [-0.39, 0.29) is 5.97 Å². The summed E-state index contributed by atoms with van der Waals surface area (Å²) < 4.78 is 0. The standard InChI is InChI=1S/C15H17NO3/c16-11-13-7-4-8-14(9-13)18-19-15(17)10-12-5-2-1-3-6-12/h4,7-9,12H,1-3,5-6,10H2. The van der Waals surface area contributed by atoms with Crippen molar-refractivity contribution in [2.24, 2.45) is 5.92 Å². The van der Waals surface area contributed by atoms with Crippen LogP contribution in [-0.4, -0.2) is 5.97 Å². The summed E-state index contributed by atoms with van der Waals surface area (Å²) in [6.45, 7) is 0. The summed E-state index contributed by atoms with van der Waals surface area (Å²) in [4.78, 5) is 21.4. The normalized spacial score (nSPS) is 15.5. The van der Waals surface area contributed by atoms with Crippen LogP contribution in [0.5, 0.6) is 5.75 Å². The van der Waals surface area contributed by atoms with Gasteiger partial charge in [-0.1, -0.05) is 25.3 Å². The molecule has 0 bridgehead atoms. The number of rotatable bonds is 4. The Morgan fingerprint density at radius 3 is 2.84 bits per heavy atom. The summed E-state index contributed by atoms with van der Waals surface area (Å²) in [5.41, 5.74) is 0.473. The first-order chi connectivity index (χ1) is 9.28. The van der Waals surface area contributed by atoms with Crippen LogP contribution in [0.2, 0.25) is 0 Å². The van der Waals surface area contributed by atoms with Gasteiger partial charge in [-0.05, 0) is 30.9 Å². The molecule has 0 saturated heterocycles. The van der Waals surface area contributed by atoms with Gasteiger partial charge in [0.15, 0.2) is 5.75 Å². The maximum atomic E-state index is 11.6. The van der Waals surface area contributed by atoms with Crippen LogP contribution in [0.25, 0.3) is 0 Å². The van der Waals surface area contributed by atoms with Crippen LogP contribution in [0.4, 0.5) is 0 Å². The van der Waals surface area contributed by atoms with Crippen molar-refractivity contribution in [2.45, 2.75) is 38.5 Å². The van der Waals surface area contributed by atoms with E-state index in [1.807, 2.05) is 6.07 Å². The van der Waals surface area contributed by atoms with Crippen molar-refractivity contribution < 1.29 is 14.6 Å². The van der Waals surface area contributed by atoms with Crippen LogP contribution < -0.4 is 4.89 Å². The molecule has 1 fully saturated rings. The monoisotopic (exact) mass is 259 g/mol. The lowest BCUT2D eigenvalue weighted by atomic mass is 9.87. The molecule has 1 aromatic rings. The average Bonchev–Trinajstić information content (AvgIpc) is 2.46. The zero-order valence-corrected chi connectivity index (χ0v) is 10.8. The molecule has 4 heteroatoms. The number of hydrogen-bond acceptors (Lipinski definition) is 4. The zero-order chi connectivity index (χ0) is 13.5. The van der Waals surface area contributed by atoms with E-state index in [0.29, 0.717) is 23.7 Å². The fourth-order valence-electron chi connectivity index (χ4n) is 2.37. The van der Waals surface area contributed by atoms with Crippen molar-refractivity contribution in [1.29, 1.82) is 5.26 Å². The quantitative estimate of drug-likeness (QED) is 0.614. The molecule has 0 unspecified atom stereocenters. The minimum Gasteiger partial charge on any atom is -0.287 e. The lowest BCUT2D eigenvalue weighted by Crippen LogP contribution is -2.15. The molecular formula is C15H17NO3. The highest BCUT2D eigenvalue weighted by Gasteiger charge is 2.18. The fourth-order valence-corrected chi connectivity index (χ4v) is 2.37. The SMILES string of the molecule is N#Cc1cccc(OOC(=O)CC2CCCCC2)c1. The van der Waals surface area contributed by atoms with Crippen molar-refractivity contribution in [3.63, 3.8) is 0 Å². The van der Waals surface area contributed by atoms with E-state index in [4.69, 9.17) is 15.0 Å². The van der Waals surface area contributed by atoms with E-state index >= 15 is 0 Å². The number of nitrogens with zero attached hydrogens (tertiary/aromatic N) is 1. The molecule has 0 aromatic heterocycles. The first-order valence-electron chi connectivity index (χ1n) is 6.65. The summed E-state index contributed by atoms with van der Waals surface area (Å²) >= 11 is 0. The first-order valence-corrected chi connectivity index (χ1v) is 6.65. The molecule has 0 amide bonds. The van der Waals surface area contributed by atoms with E-state index in [1.165, 1.54) is 25.3 Å². The number of carbonyl (C=O) groups excluding carboxylic acids is 1. The summed E-state index contributed by atoms with van der Waals surface area (Å²) in [6, 6.07) is 8.53. The Balaban J connectivity index is 1.78. The van der Waals surface area contributed by atoms with E-state index in [2.05, 4.69) is 0 Å². The van der Waals surface area contributed by atoms with Crippen LogP contribution in [0.3, 0.4) is 0 Å². The van der Waals surface area contributed by atoms with Crippen LogP contribution in [0, 0.1) is 17.2 Å². The van der Waals surface area contributed by atoms with Gasteiger partial charge in [-0.3, -0.25) is 9.78 Å². The minimum atomic E-state index is -0.339. The summed E-state index contributed by atoms with van der Waals surface area (Å²) in [6.07, 6.45) is 6.27. The number of benzene rings is 1. The molecule has 1 aromatic carbocycles. The van der Waals surface area contributed by atoms with E-state index < -0.39 is 0 Å². The van der Waals surface area contributed by atoms with Gasteiger partial charge in [0, 0.05) is 6.07 Å². The highest BCUT2D eigenvalue weighted by molar-refractivity contribution is 5.69. The minimum absolute atomic E-state index is 0.339. The summed E-state index contributed by atoms with van der Waals surface area (Å²) in [5.74, 6) is 0.459. The second-order valence-corrected chi connectivity index (χ2v) is 4.89. The van der Waals surface area contributed by atoms with Crippen LogP contribution >= 0.6 is 0 Å². The maximum Gasteiger partial charge on any atom is 0.355 e.